The van der Waals surface area contributed by atoms with Crippen LogP contribution in [-0.2, 0) is 5.41 Å². The molecule has 1 amide bonds. The SMILES string of the molecule is COc1cc(C(=O)NCC2(c3ccccc3)CCC2)ccc1OC(F)F. The second-order valence-electron chi connectivity index (χ2n) is 6.43. The molecule has 1 fully saturated rings. The standard InChI is InChI=1S/C20H21F2NO3/c1-25-17-12-14(8-9-16(17)26-19(21)22)18(24)23-13-20(10-5-11-20)15-6-3-2-4-7-15/h2-4,6-9,12,19H,5,10-11,13H2,1H3,(H,23,24). The Hall–Kier alpha value is -2.63. The van der Waals surface area contributed by atoms with Crippen molar-refractivity contribution >= 4 is 5.91 Å². The van der Waals surface area contributed by atoms with Gasteiger partial charge in [-0.3, -0.25) is 4.79 Å². The molecule has 1 aliphatic carbocycles. The lowest BCUT2D eigenvalue weighted by molar-refractivity contribution is -0.0512. The number of amides is 1. The minimum atomic E-state index is -2.95. The lowest BCUT2D eigenvalue weighted by atomic mass is 9.64. The van der Waals surface area contributed by atoms with E-state index in [9.17, 15) is 13.6 Å². The third kappa shape index (κ3) is 3.79. The molecule has 0 aliphatic heterocycles. The van der Waals surface area contributed by atoms with Crippen molar-refractivity contribution in [3.05, 3.63) is 59.7 Å². The van der Waals surface area contributed by atoms with E-state index in [1.807, 2.05) is 18.2 Å². The Bertz CT molecular complexity index is 761. The Morgan fingerprint density at radius 2 is 1.88 bits per heavy atom. The number of benzene rings is 2. The van der Waals surface area contributed by atoms with Crippen LogP contribution in [0, 0.1) is 0 Å². The van der Waals surface area contributed by atoms with Crippen LogP contribution in [0.1, 0.15) is 35.2 Å². The summed E-state index contributed by atoms with van der Waals surface area (Å²) >= 11 is 0. The van der Waals surface area contributed by atoms with Crippen molar-refractivity contribution in [3.8, 4) is 11.5 Å². The predicted octanol–water partition coefficient (Wildman–Crippen LogP) is 4.15. The molecular formula is C20H21F2NO3. The molecule has 0 radical (unpaired) electrons. The lowest BCUT2D eigenvalue weighted by Crippen LogP contribution is -2.45. The van der Waals surface area contributed by atoms with E-state index in [4.69, 9.17) is 4.74 Å². The largest absolute Gasteiger partial charge is 0.493 e. The Morgan fingerprint density at radius 1 is 1.15 bits per heavy atom. The number of carbonyl (C=O) groups excluding carboxylic acids is 1. The summed E-state index contributed by atoms with van der Waals surface area (Å²) in [6.45, 7) is -2.42. The average Bonchev–Trinajstić information content (AvgIpc) is 2.61. The molecule has 2 aromatic carbocycles. The van der Waals surface area contributed by atoms with Gasteiger partial charge in [0, 0.05) is 17.5 Å². The number of hydrogen-bond donors (Lipinski definition) is 1. The second kappa shape index (κ2) is 7.72. The number of ether oxygens (including phenoxy) is 2. The zero-order valence-corrected chi connectivity index (χ0v) is 14.5. The zero-order valence-electron chi connectivity index (χ0n) is 14.5. The Balaban J connectivity index is 1.70. The fraction of sp³-hybridized carbons (Fsp3) is 0.350. The third-order valence-electron chi connectivity index (χ3n) is 4.93. The van der Waals surface area contributed by atoms with Gasteiger partial charge in [-0.2, -0.15) is 8.78 Å². The first-order valence-electron chi connectivity index (χ1n) is 8.51. The van der Waals surface area contributed by atoms with Gasteiger partial charge in [-0.05, 0) is 36.6 Å². The van der Waals surface area contributed by atoms with Gasteiger partial charge in [0.2, 0.25) is 0 Å². The molecule has 4 nitrogen and oxygen atoms in total. The van der Waals surface area contributed by atoms with Crippen LogP contribution in [0.5, 0.6) is 11.5 Å². The van der Waals surface area contributed by atoms with Gasteiger partial charge in [-0.15, -0.1) is 0 Å². The van der Waals surface area contributed by atoms with Crippen LogP contribution >= 0.6 is 0 Å². The Morgan fingerprint density at radius 3 is 2.46 bits per heavy atom. The lowest BCUT2D eigenvalue weighted by Gasteiger charge is -2.42. The fourth-order valence-corrected chi connectivity index (χ4v) is 3.32. The Labute approximate surface area is 151 Å². The molecule has 0 unspecified atom stereocenters. The van der Waals surface area contributed by atoms with Crippen molar-refractivity contribution in [2.45, 2.75) is 31.3 Å². The van der Waals surface area contributed by atoms with Crippen molar-refractivity contribution in [2.75, 3.05) is 13.7 Å². The maximum atomic E-state index is 12.5. The van der Waals surface area contributed by atoms with E-state index in [1.54, 1.807) is 0 Å². The monoisotopic (exact) mass is 361 g/mol. The van der Waals surface area contributed by atoms with E-state index in [1.165, 1.54) is 30.9 Å². The summed E-state index contributed by atoms with van der Waals surface area (Å²) in [7, 11) is 1.34. The summed E-state index contributed by atoms with van der Waals surface area (Å²) < 4.78 is 34.2. The summed E-state index contributed by atoms with van der Waals surface area (Å²) in [6, 6.07) is 14.3. The highest BCUT2D eigenvalue weighted by molar-refractivity contribution is 5.95. The number of carbonyl (C=O) groups is 1. The van der Waals surface area contributed by atoms with Gasteiger partial charge in [0.05, 0.1) is 7.11 Å². The molecule has 26 heavy (non-hydrogen) atoms. The molecule has 2 aromatic rings. The quantitative estimate of drug-likeness (QED) is 0.806. The highest BCUT2D eigenvalue weighted by atomic mass is 19.3. The molecule has 1 N–H and O–H groups in total. The number of nitrogens with one attached hydrogen (secondary N) is 1. The number of alkyl halides is 2. The second-order valence-corrected chi connectivity index (χ2v) is 6.43. The van der Waals surface area contributed by atoms with Gasteiger partial charge in [0.25, 0.3) is 5.91 Å². The number of methoxy groups -OCH3 is 1. The van der Waals surface area contributed by atoms with Crippen LogP contribution in [-0.4, -0.2) is 26.2 Å². The van der Waals surface area contributed by atoms with E-state index in [0.717, 1.165) is 19.3 Å². The first-order valence-corrected chi connectivity index (χ1v) is 8.51. The summed E-state index contributed by atoms with van der Waals surface area (Å²) in [6.07, 6.45) is 3.20. The van der Waals surface area contributed by atoms with E-state index in [2.05, 4.69) is 22.2 Å². The molecule has 1 aliphatic rings. The molecule has 0 saturated heterocycles. The summed E-state index contributed by atoms with van der Waals surface area (Å²) in [5, 5.41) is 2.97. The number of rotatable bonds is 7. The van der Waals surface area contributed by atoms with Crippen molar-refractivity contribution < 1.29 is 23.0 Å². The van der Waals surface area contributed by atoms with Gasteiger partial charge in [-0.25, -0.2) is 0 Å². The summed E-state index contributed by atoms with van der Waals surface area (Å²) in [4.78, 5) is 12.5. The minimum absolute atomic E-state index is 0.0280. The summed E-state index contributed by atoms with van der Waals surface area (Å²) in [5.74, 6) is -0.271. The maximum Gasteiger partial charge on any atom is 0.387 e. The van der Waals surface area contributed by atoms with Crippen molar-refractivity contribution in [3.63, 3.8) is 0 Å². The van der Waals surface area contributed by atoms with Gasteiger partial charge in [0.15, 0.2) is 11.5 Å². The van der Waals surface area contributed by atoms with Crippen molar-refractivity contribution in [1.82, 2.24) is 5.32 Å². The molecule has 3 rings (SSSR count). The molecule has 0 spiro atoms. The minimum Gasteiger partial charge on any atom is -0.493 e. The van der Waals surface area contributed by atoms with Gasteiger partial charge in [0.1, 0.15) is 0 Å². The Kier molecular flexibility index (Phi) is 5.40. The molecule has 138 valence electrons. The van der Waals surface area contributed by atoms with E-state index in [0.29, 0.717) is 12.1 Å². The van der Waals surface area contributed by atoms with Crippen LogP contribution in [0.4, 0.5) is 8.78 Å². The van der Waals surface area contributed by atoms with Crippen LogP contribution < -0.4 is 14.8 Å². The first kappa shape index (κ1) is 18.2. The molecule has 6 heteroatoms. The van der Waals surface area contributed by atoms with Crippen LogP contribution in [0.3, 0.4) is 0 Å². The predicted molar refractivity (Wildman–Crippen MR) is 93.9 cm³/mol. The molecule has 0 heterocycles. The number of halogens is 2. The molecule has 0 atom stereocenters. The number of hydrogen-bond acceptors (Lipinski definition) is 3. The van der Waals surface area contributed by atoms with Gasteiger partial charge >= 0.3 is 6.61 Å². The van der Waals surface area contributed by atoms with Crippen LogP contribution in [0.15, 0.2) is 48.5 Å². The maximum absolute atomic E-state index is 12.5. The van der Waals surface area contributed by atoms with Gasteiger partial charge < -0.3 is 14.8 Å². The normalized spacial score (nSPS) is 15.2. The first-order chi connectivity index (χ1) is 12.5. The van der Waals surface area contributed by atoms with Crippen molar-refractivity contribution in [1.29, 1.82) is 0 Å². The highest BCUT2D eigenvalue weighted by Gasteiger charge is 2.38. The van der Waals surface area contributed by atoms with Crippen LogP contribution in [0.25, 0.3) is 0 Å². The van der Waals surface area contributed by atoms with Crippen molar-refractivity contribution in [2.24, 2.45) is 0 Å². The van der Waals surface area contributed by atoms with E-state index < -0.39 is 6.61 Å². The zero-order chi connectivity index (χ0) is 18.6. The molecular weight excluding hydrogens is 340 g/mol. The summed E-state index contributed by atoms with van der Waals surface area (Å²) in [5.41, 5.74) is 1.54. The molecule has 0 aromatic heterocycles. The smallest absolute Gasteiger partial charge is 0.387 e. The molecule has 0 bridgehead atoms. The topological polar surface area (TPSA) is 47.6 Å². The average molecular weight is 361 g/mol. The van der Waals surface area contributed by atoms with Crippen LogP contribution in [0.2, 0.25) is 0 Å². The highest BCUT2D eigenvalue weighted by Crippen LogP contribution is 2.43. The van der Waals surface area contributed by atoms with Gasteiger partial charge in [-0.1, -0.05) is 36.8 Å². The fourth-order valence-electron chi connectivity index (χ4n) is 3.32. The third-order valence-corrected chi connectivity index (χ3v) is 4.93. The van der Waals surface area contributed by atoms with E-state index >= 15 is 0 Å². The van der Waals surface area contributed by atoms with E-state index in [-0.39, 0.29) is 22.8 Å². The molecule has 1 saturated carbocycles.